The molecule has 0 aromatic heterocycles. The van der Waals surface area contributed by atoms with Gasteiger partial charge in [-0.1, -0.05) is 48.0 Å². The van der Waals surface area contributed by atoms with Crippen molar-refractivity contribution in [2.45, 2.75) is 18.6 Å². The van der Waals surface area contributed by atoms with E-state index in [0.717, 1.165) is 5.56 Å². The first kappa shape index (κ1) is 15.0. The summed E-state index contributed by atoms with van der Waals surface area (Å²) in [7, 11) is 1.54. The van der Waals surface area contributed by atoms with Gasteiger partial charge in [0, 0.05) is 13.5 Å². The summed E-state index contributed by atoms with van der Waals surface area (Å²) in [6.45, 7) is 0. The van der Waals surface area contributed by atoms with Crippen LogP contribution < -0.4 is 0 Å². The smallest absolute Gasteiger partial charge is 0.142 e. The van der Waals surface area contributed by atoms with E-state index in [1.807, 2.05) is 30.3 Å². The second-order valence-electron chi connectivity index (χ2n) is 4.59. The van der Waals surface area contributed by atoms with Gasteiger partial charge in [0.15, 0.2) is 0 Å². The fraction of sp³-hybridized carbons (Fsp3) is 0.250. The Kier molecular flexibility index (Phi) is 5.12. The van der Waals surface area contributed by atoms with Gasteiger partial charge in [-0.25, -0.2) is 4.39 Å². The van der Waals surface area contributed by atoms with E-state index in [0.29, 0.717) is 12.0 Å². The van der Waals surface area contributed by atoms with E-state index in [4.69, 9.17) is 16.3 Å². The molecule has 0 saturated heterocycles. The molecule has 0 aliphatic rings. The molecule has 2 unspecified atom stereocenters. The highest BCUT2D eigenvalue weighted by atomic mass is 35.5. The van der Waals surface area contributed by atoms with Crippen molar-refractivity contribution in [3.63, 3.8) is 0 Å². The van der Waals surface area contributed by atoms with Gasteiger partial charge >= 0.3 is 0 Å². The second kappa shape index (κ2) is 6.84. The van der Waals surface area contributed by atoms with Gasteiger partial charge in [0.2, 0.25) is 0 Å². The summed E-state index contributed by atoms with van der Waals surface area (Å²) in [5.41, 5.74) is 1.56. The third-order valence-corrected chi connectivity index (χ3v) is 3.47. The molecule has 2 nitrogen and oxygen atoms in total. The molecular formula is C16H16ClFO2. The number of halogens is 2. The highest BCUT2D eigenvalue weighted by molar-refractivity contribution is 6.30. The van der Waals surface area contributed by atoms with Crippen molar-refractivity contribution < 1.29 is 14.2 Å². The molecule has 106 valence electrons. The zero-order valence-electron chi connectivity index (χ0n) is 11.1. The molecule has 0 aliphatic carbocycles. The van der Waals surface area contributed by atoms with Gasteiger partial charge < -0.3 is 9.84 Å². The Morgan fingerprint density at radius 2 is 1.90 bits per heavy atom. The molecule has 0 amide bonds. The Morgan fingerprint density at radius 3 is 2.50 bits per heavy atom. The third-order valence-electron chi connectivity index (χ3n) is 3.16. The average molecular weight is 295 g/mol. The molecule has 4 heteroatoms. The Bertz CT molecular complexity index is 560. The van der Waals surface area contributed by atoms with Gasteiger partial charge in [-0.15, -0.1) is 0 Å². The highest BCUT2D eigenvalue weighted by Crippen LogP contribution is 2.24. The maximum atomic E-state index is 13.4. The molecular weight excluding hydrogens is 279 g/mol. The SMILES string of the molecule is COC(c1ccccc1)C(O)Cc1ccc(Cl)c(F)c1. The van der Waals surface area contributed by atoms with Crippen LogP contribution >= 0.6 is 11.6 Å². The summed E-state index contributed by atoms with van der Waals surface area (Å²) in [5.74, 6) is -0.481. The molecule has 0 bridgehead atoms. The Hall–Kier alpha value is -1.42. The Morgan fingerprint density at radius 1 is 1.20 bits per heavy atom. The highest BCUT2D eigenvalue weighted by Gasteiger charge is 2.21. The van der Waals surface area contributed by atoms with Crippen LogP contribution in [0.5, 0.6) is 0 Å². The van der Waals surface area contributed by atoms with Crippen LogP contribution in [0, 0.1) is 5.82 Å². The molecule has 0 saturated carbocycles. The molecule has 0 heterocycles. The summed E-state index contributed by atoms with van der Waals surface area (Å²) in [5, 5.41) is 10.4. The number of methoxy groups -OCH3 is 1. The Balaban J connectivity index is 2.13. The molecule has 2 aromatic carbocycles. The quantitative estimate of drug-likeness (QED) is 0.909. The van der Waals surface area contributed by atoms with Crippen LogP contribution in [0.4, 0.5) is 4.39 Å². The maximum Gasteiger partial charge on any atom is 0.142 e. The predicted octanol–water partition coefficient (Wildman–Crippen LogP) is 3.77. The summed E-state index contributed by atoms with van der Waals surface area (Å²) in [4.78, 5) is 0. The van der Waals surface area contributed by atoms with Crippen molar-refractivity contribution in [1.82, 2.24) is 0 Å². The van der Waals surface area contributed by atoms with Gasteiger partial charge in [-0.05, 0) is 23.3 Å². The zero-order valence-corrected chi connectivity index (χ0v) is 11.8. The number of hydrogen-bond acceptors (Lipinski definition) is 2. The van der Waals surface area contributed by atoms with E-state index in [1.54, 1.807) is 13.2 Å². The summed E-state index contributed by atoms with van der Waals surface area (Å²) in [6, 6.07) is 14.0. The van der Waals surface area contributed by atoms with E-state index in [-0.39, 0.29) is 5.02 Å². The van der Waals surface area contributed by atoms with Gasteiger partial charge in [0.1, 0.15) is 11.9 Å². The lowest BCUT2D eigenvalue weighted by atomic mass is 9.98. The van der Waals surface area contributed by atoms with Crippen molar-refractivity contribution in [2.24, 2.45) is 0 Å². The summed E-state index contributed by atoms with van der Waals surface area (Å²) in [6.07, 6.45) is -0.917. The molecule has 0 spiro atoms. The standard InChI is InChI=1S/C16H16ClFO2/c1-20-16(12-5-3-2-4-6-12)15(19)10-11-7-8-13(17)14(18)9-11/h2-9,15-16,19H,10H2,1H3. The molecule has 0 radical (unpaired) electrons. The van der Waals surface area contributed by atoms with Gasteiger partial charge in [-0.3, -0.25) is 0 Å². The largest absolute Gasteiger partial charge is 0.390 e. The molecule has 1 N–H and O–H groups in total. The van der Waals surface area contributed by atoms with Gasteiger partial charge in [0.25, 0.3) is 0 Å². The lowest BCUT2D eigenvalue weighted by Crippen LogP contribution is -2.22. The minimum absolute atomic E-state index is 0.0783. The van der Waals surface area contributed by atoms with Crippen molar-refractivity contribution in [3.8, 4) is 0 Å². The lowest BCUT2D eigenvalue weighted by molar-refractivity contribution is -0.0128. The first-order valence-electron chi connectivity index (χ1n) is 6.31. The molecule has 0 aliphatic heterocycles. The van der Waals surface area contributed by atoms with Crippen LogP contribution in [-0.4, -0.2) is 18.3 Å². The van der Waals surface area contributed by atoms with Crippen LogP contribution in [0.2, 0.25) is 5.02 Å². The average Bonchev–Trinajstić information content (AvgIpc) is 2.45. The Labute approximate surface area is 122 Å². The van der Waals surface area contributed by atoms with E-state index in [1.165, 1.54) is 12.1 Å². The van der Waals surface area contributed by atoms with Crippen molar-refractivity contribution >= 4 is 11.6 Å². The van der Waals surface area contributed by atoms with E-state index in [9.17, 15) is 9.50 Å². The first-order valence-corrected chi connectivity index (χ1v) is 6.69. The van der Waals surface area contributed by atoms with Crippen molar-refractivity contribution in [2.75, 3.05) is 7.11 Å². The van der Waals surface area contributed by atoms with Crippen LogP contribution in [0.15, 0.2) is 48.5 Å². The van der Waals surface area contributed by atoms with Crippen LogP contribution in [0.1, 0.15) is 17.2 Å². The normalized spacial score (nSPS) is 14.0. The monoisotopic (exact) mass is 294 g/mol. The fourth-order valence-corrected chi connectivity index (χ4v) is 2.29. The van der Waals surface area contributed by atoms with Crippen molar-refractivity contribution in [3.05, 3.63) is 70.5 Å². The topological polar surface area (TPSA) is 29.5 Å². The zero-order chi connectivity index (χ0) is 14.5. The molecule has 2 rings (SSSR count). The fourth-order valence-electron chi connectivity index (χ4n) is 2.17. The predicted molar refractivity (Wildman–Crippen MR) is 77.3 cm³/mol. The third kappa shape index (κ3) is 3.57. The summed E-state index contributed by atoms with van der Waals surface area (Å²) >= 11 is 5.64. The van der Waals surface area contributed by atoms with Gasteiger partial charge in [-0.2, -0.15) is 0 Å². The van der Waals surface area contributed by atoms with Crippen LogP contribution in [-0.2, 0) is 11.2 Å². The maximum absolute atomic E-state index is 13.4. The van der Waals surface area contributed by atoms with E-state index in [2.05, 4.69) is 0 Å². The molecule has 20 heavy (non-hydrogen) atoms. The molecule has 0 fully saturated rings. The number of hydrogen-bond donors (Lipinski definition) is 1. The van der Waals surface area contributed by atoms with Crippen LogP contribution in [0.3, 0.4) is 0 Å². The first-order chi connectivity index (χ1) is 9.61. The lowest BCUT2D eigenvalue weighted by Gasteiger charge is -2.22. The summed E-state index contributed by atoms with van der Waals surface area (Å²) < 4.78 is 18.7. The van der Waals surface area contributed by atoms with E-state index >= 15 is 0 Å². The number of rotatable bonds is 5. The second-order valence-corrected chi connectivity index (χ2v) is 4.99. The minimum atomic E-state index is -0.761. The number of aliphatic hydroxyl groups is 1. The van der Waals surface area contributed by atoms with Crippen LogP contribution in [0.25, 0.3) is 0 Å². The molecule has 2 aromatic rings. The number of benzene rings is 2. The molecule has 2 atom stereocenters. The number of aliphatic hydroxyl groups excluding tert-OH is 1. The van der Waals surface area contributed by atoms with Gasteiger partial charge in [0.05, 0.1) is 11.1 Å². The minimum Gasteiger partial charge on any atom is -0.390 e. The van der Waals surface area contributed by atoms with Crippen molar-refractivity contribution in [1.29, 1.82) is 0 Å². The number of ether oxygens (including phenoxy) is 1. The van der Waals surface area contributed by atoms with E-state index < -0.39 is 18.0 Å².